The van der Waals surface area contributed by atoms with Crippen molar-refractivity contribution in [2.75, 3.05) is 0 Å². The summed E-state index contributed by atoms with van der Waals surface area (Å²) in [5.74, 6) is 0.630. The number of furan rings is 1. The van der Waals surface area contributed by atoms with Crippen molar-refractivity contribution in [2.45, 2.75) is 32.6 Å². The van der Waals surface area contributed by atoms with Crippen molar-refractivity contribution in [3.8, 4) is 0 Å². The number of aryl methyl sites for hydroxylation is 1. The van der Waals surface area contributed by atoms with E-state index in [0.717, 1.165) is 59.0 Å². The van der Waals surface area contributed by atoms with E-state index in [4.69, 9.17) is 15.1 Å². The Kier molecular flexibility index (Phi) is 4.63. The zero-order valence-electron chi connectivity index (χ0n) is 15.4. The summed E-state index contributed by atoms with van der Waals surface area (Å²) in [6.07, 6.45) is 4.04. The molecular weight excluding hydrogens is 336 g/mol. The van der Waals surface area contributed by atoms with Crippen LogP contribution in [0, 0.1) is 0 Å². The van der Waals surface area contributed by atoms with Gasteiger partial charge in [0.2, 0.25) is 5.91 Å². The molecule has 4 rings (SSSR count). The van der Waals surface area contributed by atoms with Gasteiger partial charge < -0.3 is 10.2 Å². The second-order valence-electron chi connectivity index (χ2n) is 6.94. The second-order valence-corrected chi connectivity index (χ2v) is 6.94. The first kappa shape index (κ1) is 17.3. The van der Waals surface area contributed by atoms with E-state index >= 15 is 0 Å². The number of benzene rings is 2. The molecule has 0 radical (unpaired) electrons. The molecule has 136 valence electrons. The van der Waals surface area contributed by atoms with E-state index in [1.54, 1.807) is 12.1 Å². The summed E-state index contributed by atoms with van der Waals surface area (Å²) in [7, 11) is 0. The predicted molar refractivity (Wildman–Crippen MR) is 108 cm³/mol. The maximum atomic E-state index is 11.3. The summed E-state index contributed by atoms with van der Waals surface area (Å²) in [5, 5.41) is 2.06. The third-order valence-electron chi connectivity index (χ3n) is 4.83. The summed E-state index contributed by atoms with van der Waals surface area (Å²) >= 11 is 0. The van der Waals surface area contributed by atoms with Gasteiger partial charge in [0.15, 0.2) is 0 Å². The normalized spacial score (nSPS) is 11.3. The predicted octanol–water partition coefficient (Wildman–Crippen LogP) is 5.01. The summed E-state index contributed by atoms with van der Waals surface area (Å²) in [4.78, 5) is 16.0. The number of pyridine rings is 1. The number of rotatable bonds is 6. The van der Waals surface area contributed by atoms with Crippen LogP contribution in [0.2, 0.25) is 0 Å². The van der Waals surface area contributed by atoms with Crippen LogP contribution >= 0.6 is 0 Å². The molecular formula is C23H22N2O2. The maximum Gasteiger partial charge on any atom is 0.248 e. The van der Waals surface area contributed by atoms with Crippen molar-refractivity contribution < 1.29 is 9.21 Å². The fourth-order valence-electron chi connectivity index (χ4n) is 3.36. The van der Waals surface area contributed by atoms with Crippen molar-refractivity contribution in [3.63, 3.8) is 0 Å². The Bertz CT molecular complexity index is 1130. The monoisotopic (exact) mass is 358 g/mol. The lowest BCUT2D eigenvalue weighted by Crippen LogP contribution is -2.10. The van der Waals surface area contributed by atoms with Crippen LogP contribution in [0.5, 0.6) is 0 Å². The largest absolute Gasteiger partial charge is 0.461 e. The smallest absolute Gasteiger partial charge is 0.248 e. The Labute approximate surface area is 158 Å². The molecule has 0 fully saturated rings. The van der Waals surface area contributed by atoms with E-state index < -0.39 is 5.91 Å². The van der Waals surface area contributed by atoms with E-state index in [9.17, 15) is 4.79 Å². The highest BCUT2D eigenvalue weighted by atomic mass is 16.3. The number of fused-ring (bicyclic) bond motifs is 2. The van der Waals surface area contributed by atoms with Gasteiger partial charge in [-0.2, -0.15) is 0 Å². The fraction of sp³-hybridized carbons (Fsp3) is 0.217. The van der Waals surface area contributed by atoms with E-state index in [1.165, 1.54) is 5.56 Å². The van der Waals surface area contributed by atoms with Crippen LogP contribution in [0.15, 0.2) is 59.0 Å². The van der Waals surface area contributed by atoms with Crippen molar-refractivity contribution >= 4 is 27.8 Å². The van der Waals surface area contributed by atoms with Gasteiger partial charge in [-0.15, -0.1) is 0 Å². The van der Waals surface area contributed by atoms with Gasteiger partial charge in [-0.1, -0.05) is 25.5 Å². The molecule has 2 aromatic heterocycles. The van der Waals surface area contributed by atoms with Gasteiger partial charge in [0.25, 0.3) is 0 Å². The Morgan fingerprint density at radius 2 is 1.93 bits per heavy atom. The molecule has 0 saturated carbocycles. The molecule has 0 aliphatic carbocycles. The van der Waals surface area contributed by atoms with Gasteiger partial charge >= 0.3 is 0 Å². The van der Waals surface area contributed by atoms with Crippen LogP contribution in [0.3, 0.4) is 0 Å². The van der Waals surface area contributed by atoms with Crippen molar-refractivity contribution in [1.29, 1.82) is 0 Å². The maximum absolute atomic E-state index is 11.3. The number of amides is 1. The molecule has 2 heterocycles. The average molecular weight is 358 g/mol. The minimum Gasteiger partial charge on any atom is -0.461 e. The number of nitrogens with two attached hydrogens (primary N) is 1. The quantitative estimate of drug-likeness (QED) is 0.526. The first-order valence-corrected chi connectivity index (χ1v) is 9.33. The number of nitrogens with zero attached hydrogens (tertiary/aromatic N) is 1. The molecule has 0 atom stereocenters. The van der Waals surface area contributed by atoms with E-state index in [-0.39, 0.29) is 0 Å². The van der Waals surface area contributed by atoms with Gasteiger partial charge in [-0.3, -0.25) is 9.78 Å². The van der Waals surface area contributed by atoms with Crippen LogP contribution in [-0.4, -0.2) is 10.9 Å². The molecule has 0 unspecified atom stereocenters. The summed E-state index contributed by atoms with van der Waals surface area (Å²) in [5.41, 5.74) is 9.84. The first-order chi connectivity index (χ1) is 13.1. The average Bonchev–Trinajstić information content (AvgIpc) is 3.08. The molecule has 0 bridgehead atoms. The number of hydrogen-bond donors (Lipinski definition) is 1. The van der Waals surface area contributed by atoms with Gasteiger partial charge in [-0.05, 0) is 54.4 Å². The second kappa shape index (κ2) is 7.23. The first-order valence-electron chi connectivity index (χ1n) is 9.33. The van der Waals surface area contributed by atoms with Crippen LogP contribution in [-0.2, 0) is 12.8 Å². The Morgan fingerprint density at radius 3 is 2.74 bits per heavy atom. The van der Waals surface area contributed by atoms with Gasteiger partial charge in [0, 0.05) is 34.9 Å². The molecule has 0 aliphatic rings. The van der Waals surface area contributed by atoms with E-state index in [2.05, 4.69) is 25.1 Å². The Morgan fingerprint density at radius 1 is 1.04 bits per heavy atom. The Hall–Kier alpha value is -3.14. The van der Waals surface area contributed by atoms with Crippen molar-refractivity contribution in [1.82, 2.24) is 4.98 Å². The van der Waals surface area contributed by atoms with E-state index in [0.29, 0.717) is 5.56 Å². The zero-order chi connectivity index (χ0) is 18.8. The molecule has 1 amide bonds. The number of primary amides is 1. The highest BCUT2D eigenvalue weighted by molar-refractivity contribution is 5.96. The van der Waals surface area contributed by atoms with E-state index in [1.807, 2.05) is 24.3 Å². The molecule has 4 nitrogen and oxygen atoms in total. The molecule has 0 spiro atoms. The zero-order valence-corrected chi connectivity index (χ0v) is 15.4. The van der Waals surface area contributed by atoms with Gasteiger partial charge in [0.05, 0.1) is 5.52 Å². The molecule has 0 saturated heterocycles. The molecule has 2 aromatic carbocycles. The molecule has 0 aliphatic heterocycles. The molecule has 4 aromatic rings. The van der Waals surface area contributed by atoms with Crippen LogP contribution < -0.4 is 5.73 Å². The fourth-order valence-corrected chi connectivity index (χ4v) is 3.36. The van der Waals surface area contributed by atoms with Gasteiger partial charge in [-0.25, -0.2) is 0 Å². The minimum atomic E-state index is -0.423. The third kappa shape index (κ3) is 3.70. The van der Waals surface area contributed by atoms with Crippen LogP contribution in [0.25, 0.3) is 21.9 Å². The number of carbonyl (C=O) groups excluding carboxylic acids is 1. The number of hydrogen-bond acceptors (Lipinski definition) is 3. The molecule has 2 N–H and O–H groups in total. The lowest BCUT2D eigenvalue weighted by atomic mass is 10.1. The minimum absolute atomic E-state index is 0.423. The van der Waals surface area contributed by atoms with Crippen molar-refractivity contribution in [3.05, 3.63) is 77.2 Å². The summed E-state index contributed by atoms with van der Waals surface area (Å²) < 4.78 is 5.91. The topological polar surface area (TPSA) is 69.1 Å². The standard InChI is InChI=1S/C23H22N2O2/c1-2-3-4-20-14-18-11-15(5-10-22(18)27-20)12-19-8-6-16-13-17(23(24)26)7-9-21(16)25-19/h5-11,13-14H,2-4,12H2,1H3,(H2,24,26). The number of carbonyl (C=O) groups is 1. The highest BCUT2D eigenvalue weighted by Gasteiger charge is 2.07. The van der Waals surface area contributed by atoms with Gasteiger partial charge in [0.1, 0.15) is 11.3 Å². The Balaban J connectivity index is 1.59. The summed E-state index contributed by atoms with van der Waals surface area (Å²) in [6, 6.07) is 17.8. The van der Waals surface area contributed by atoms with Crippen molar-refractivity contribution in [2.24, 2.45) is 5.73 Å². The molecule has 4 heteroatoms. The number of aromatic nitrogens is 1. The lowest BCUT2D eigenvalue weighted by Gasteiger charge is -2.05. The van der Waals surface area contributed by atoms with Crippen LogP contribution in [0.4, 0.5) is 0 Å². The molecule has 27 heavy (non-hydrogen) atoms. The third-order valence-corrected chi connectivity index (χ3v) is 4.83. The lowest BCUT2D eigenvalue weighted by molar-refractivity contribution is 0.100. The SMILES string of the molecule is CCCCc1cc2cc(Cc3ccc4cc(C(N)=O)ccc4n3)ccc2o1. The number of unbranched alkanes of at least 4 members (excludes halogenated alkanes) is 1. The summed E-state index contributed by atoms with van der Waals surface area (Å²) in [6.45, 7) is 2.19. The highest BCUT2D eigenvalue weighted by Crippen LogP contribution is 2.24. The van der Waals surface area contributed by atoms with Crippen LogP contribution in [0.1, 0.15) is 47.1 Å².